The molecule has 2 aliphatic heterocycles. The summed E-state index contributed by atoms with van der Waals surface area (Å²) in [5.41, 5.74) is 16.0. The monoisotopic (exact) mass is 534 g/mol. The van der Waals surface area contributed by atoms with E-state index < -0.39 is 0 Å². The summed E-state index contributed by atoms with van der Waals surface area (Å²) in [7, 11) is 0. The highest BCUT2D eigenvalue weighted by Crippen LogP contribution is 2.55. The molecule has 0 saturated carbocycles. The molecule has 0 spiro atoms. The van der Waals surface area contributed by atoms with Gasteiger partial charge < -0.3 is 0 Å². The number of fused-ring (bicyclic) bond motifs is 12. The normalized spacial score (nSPS) is 17.4. The second-order valence-electron chi connectivity index (χ2n) is 12.5. The van der Waals surface area contributed by atoms with E-state index in [1.165, 1.54) is 80.5 Å². The average Bonchev–Trinajstić information content (AvgIpc) is 3.33. The molecule has 0 atom stereocenters. The summed E-state index contributed by atoms with van der Waals surface area (Å²) in [5, 5.41) is 0. The minimum atomic E-state index is 0.0140. The van der Waals surface area contributed by atoms with Gasteiger partial charge in [0.1, 0.15) is 0 Å². The van der Waals surface area contributed by atoms with Crippen molar-refractivity contribution in [2.75, 3.05) is 0 Å². The maximum Gasteiger partial charge on any atom is 0.247 e. The minimum absolute atomic E-state index is 0.0140. The van der Waals surface area contributed by atoms with Crippen molar-refractivity contribution in [3.63, 3.8) is 0 Å². The second kappa shape index (κ2) is 7.33. The Hall–Kier alpha value is -3.14. The van der Waals surface area contributed by atoms with Crippen molar-refractivity contribution in [2.45, 2.75) is 58.1 Å². The first-order valence-electron chi connectivity index (χ1n) is 13.9. The van der Waals surface area contributed by atoms with Crippen molar-refractivity contribution in [3.8, 4) is 22.3 Å². The quantitative estimate of drug-likeness (QED) is 0.183. The van der Waals surface area contributed by atoms with Gasteiger partial charge in [-0.2, -0.15) is 0 Å². The zero-order valence-corrected chi connectivity index (χ0v) is 24.2. The fourth-order valence-corrected chi connectivity index (χ4v) is 10.6. The molecule has 0 fully saturated rings. The SMILES string of the molecule is CC1(C)c2ccccc2-c2c1ccc1c2Sc2cccc3c2B1c1ccc2c(c1S3)-c1ccccc1C2(C)C. The molecule has 0 unspecified atom stereocenters. The van der Waals surface area contributed by atoms with Crippen molar-refractivity contribution in [1.82, 2.24) is 0 Å². The first-order valence-corrected chi connectivity index (χ1v) is 15.5. The molecule has 2 aliphatic carbocycles. The zero-order chi connectivity index (χ0) is 26.3. The largest absolute Gasteiger partial charge is 0.247 e. The second-order valence-corrected chi connectivity index (χ2v) is 14.6. The molecule has 5 aromatic rings. The van der Waals surface area contributed by atoms with Gasteiger partial charge >= 0.3 is 0 Å². The molecule has 0 nitrogen and oxygen atoms in total. The van der Waals surface area contributed by atoms with Gasteiger partial charge in [-0.3, -0.25) is 0 Å². The van der Waals surface area contributed by atoms with Crippen LogP contribution in [-0.4, -0.2) is 6.71 Å². The maximum atomic E-state index is 2.46. The molecular weight excluding hydrogens is 507 g/mol. The summed E-state index contributed by atoms with van der Waals surface area (Å²) >= 11 is 3.99. The van der Waals surface area contributed by atoms with Crippen molar-refractivity contribution in [2.24, 2.45) is 0 Å². The van der Waals surface area contributed by atoms with Gasteiger partial charge in [0, 0.05) is 30.4 Å². The van der Waals surface area contributed by atoms with Gasteiger partial charge in [0.05, 0.1) is 0 Å². The molecular formula is C36H27BS2. The number of hydrogen-bond donors (Lipinski definition) is 0. The molecule has 0 bridgehead atoms. The molecule has 0 saturated heterocycles. The predicted molar refractivity (Wildman–Crippen MR) is 167 cm³/mol. The number of benzene rings is 5. The Morgan fingerprint density at radius 3 is 1.44 bits per heavy atom. The van der Waals surface area contributed by atoms with Crippen LogP contribution in [0.25, 0.3) is 22.3 Å². The highest BCUT2D eigenvalue weighted by molar-refractivity contribution is 8.01. The van der Waals surface area contributed by atoms with E-state index in [0.717, 1.165) is 0 Å². The lowest BCUT2D eigenvalue weighted by molar-refractivity contribution is 0.660. The smallest absolute Gasteiger partial charge is 0.0905 e. The molecule has 5 aromatic carbocycles. The van der Waals surface area contributed by atoms with E-state index in [1.54, 1.807) is 0 Å². The Labute approximate surface area is 239 Å². The number of rotatable bonds is 0. The predicted octanol–water partition coefficient (Wildman–Crippen LogP) is 7.74. The van der Waals surface area contributed by atoms with E-state index >= 15 is 0 Å². The highest BCUT2D eigenvalue weighted by Gasteiger charge is 2.45. The van der Waals surface area contributed by atoms with E-state index in [4.69, 9.17) is 0 Å². The molecule has 0 N–H and O–H groups in total. The fraction of sp³-hybridized carbons (Fsp3) is 0.167. The molecule has 2 heterocycles. The Kier molecular flexibility index (Phi) is 4.26. The molecule has 4 aliphatic rings. The van der Waals surface area contributed by atoms with Crippen LogP contribution in [0.2, 0.25) is 0 Å². The van der Waals surface area contributed by atoms with E-state index in [1.807, 2.05) is 23.5 Å². The number of hydrogen-bond acceptors (Lipinski definition) is 2. The molecule has 39 heavy (non-hydrogen) atoms. The first kappa shape index (κ1) is 22.7. The van der Waals surface area contributed by atoms with Crippen LogP contribution in [0, 0.1) is 0 Å². The summed E-state index contributed by atoms with van der Waals surface area (Å²) in [4.78, 5) is 5.75. The molecule has 0 aromatic heterocycles. The van der Waals surface area contributed by atoms with Crippen LogP contribution in [-0.2, 0) is 10.8 Å². The lowest BCUT2D eigenvalue weighted by Gasteiger charge is -2.35. The van der Waals surface area contributed by atoms with E-state index in [-0.39, 0.29) is 17.5 Å². The lowest BCUT2D eigenvalue weighted by Crippen LogP contribution is -2.58. The molecule has 186 valence electrons. The van der Waals surface area contributed by atoms with Crippen LogP contribution in [0.4, 0.5) is 0 Å². The summed E-state index contributed by atoms with van der Waals surface area (Å²) in [5.74, 6) is 0. The van der Waals surface area contributed by atoms with Gasteiger partial charge in [-0.15, -0.1) is 0 Å². The topological polar surface area (TPSA) is 0 Å². The maximum absolute atomic E-state index is 2.46. The van der Waals surface area contributed by atoms with Crippen LogP contribution in [0.3, 0.4) is 0 Å². The molecule has 9 rings (SSSR count). The average molecular weight is 535 g/mol. The highest BCUT2D eigenvalue weighted by atomic mass is 32.2. The summed E-state index contributed by atoms with van der Waals surface area (Å²) < 4.78 is 0. The van der Waals surface area contributed by atoms with Gasteiger partial charge in [0.15, 0.2) is 0 Å². The van der Waals surface area contributed by atoms with Crippen molar-refractivity contribution < 1.29 is 0 Å². The van der Waals surface area contributed by atoms with Crippen molar-refractivity contribution in [3.05, 3.63) is 113 Å². The summed E-state index contributed by atoms with van der Waals surface area (Å²) in [6, 6.07) is 34.9. The van der Waals surface area contributed by atoms with Crippen molar-refractivity contribution in [1.29, 1.82) is 0 Å². The van der Waals surface area contributed by atoms with Gasteiger partial charge in [-0.25, -0.2) is 0 Å². The summed E-state index contributed by atoms with van der Waals surface area (Å²) in [6.07, 6.45) is 0. The third kappa shape index (κ3) is 2.67. The van der Waals surface area contributed by atoms with E-state index in [0.29, 0.717) is 0 Å². The van der Waals surface area contributed by atoms with Crippen LogP contribution < -0.4 is 16.4 Å². The zero-order valence-electron chi connectivity index (χ0n) is 22.6. The minimum Gasteiger partial charge on any atom is -0.0905 e. The van der Waals surface area contributed by atoms with Crippen LogP contribution >= 0.6 is 23.5 Å². The van der Waals surface area contributed by atoms with Crippen molar-refractivity contribution >= 4 is 46.6 Å². The van der Waals surface area contributed by atoms with Gasteiger partial charge in [0.25, 0.3) is 0 Å². The fourth-order valence-electron chi connectivity index (χ4n) is 7.92. The standard InChI is InChI=1S/C36H27BS2/c1-35(2)22-12-7-5-10-20(22)30-24(35)16-18-26-33(30)38-28-14-9-15-29-32(28)37(26)27-19-17-25-31(34(27)39-29)21-11-6-8-13-23(21)36(25,3)4/h5-19H,1-4H3. The Morgan fingerprint density at radius 1 is 0.487 bits per heavy atom. The van der Waals surface area contributed by atoms with Crippen LogP contribution in [0.1, 0.15) is 49.9 Å². The molecule has 3 heteroatoms. The van der Waals surface area contributed by atoms with E-state index in [9.17, 15) is 0 Å². The first-order chi connectivity index (χ1) is 18.9. The Morgan fingerprint density at radius 2 is 0.949 bits per heavy atom. The van der Waals surface area contributed by atoms with E-state index in [2.05, 4.69) is 119 Å². The van der Waals surface area contributed by atoms with Gasteiger partial charge in [-0.1, -0.05) is 141 Å². The Balaban J connectivity index is 1.36. The third-order valence-corrected chi connectivity index (χ3v) is 12.3. The van der Waals surface area contributed by atoms with Crippen LogP contribution in [0.5, 0.6) is 0 Å². The third-order valence-electron chi connectivity index (χ3n) is 9.82. The van der Waals surface area contributed by atoms with Gasteiger partial charge in [-0.05, 0) is 62.1 Å². The molecule has 0 radical (unpaired) electrons. The Bertz CT molecular complexity index is 1790. The van der Waals surface area contributed by atoms with Gasteiger partial charge in [0.2, 0.25) is 6.71 Å². The van der Waals surface area contributed by atoms with Crippen LogP contribution in [0.15, 0.2) is 111 Å². The summed E-state index contributed by atoms with van der Waals surface area (Å²) in [6.45, 7) is 9.81. The molecule has 0 amide bonds. The lowest BCUT2D eigenvalue weighted by atomic mass is 9.36.